The summed E-state index contributed by atoms with van der Waals surface area (Å²) in [5.74, 6) is 2.71. The number of fused-ring (bicyclic) bond motifs is 1. The average Bonchev–Trinajstić information content (AvgIpc) is 2.94. The third kappa shape index (κ3) is 3.04. The molecule has 1 unspecified atom stereocenters. The third-order valence-corrected chi connectivity index (χ3v) is 5.70. The normalized spacial score (nSPS) is 24.3. The van der Waals surface area contributed by atoms with E-state index >= 15 is 0 Å². The topological polar surface area (TPSA) is 25.2 Å². The van der Waals surface area contributed by atoms with Crippen molar-refractivity contribution < 1.29 is 4.42 Å². The van der Waals surface area contributed by atoms with Gasteiger partial charge in [0.25, 0.3) is 0 Å². The molecule has 1 aromatic carbocycles. The van der Waals surface area contributed by atoms with Crippen molar-refractivity contribution in [2.45, 2.75) is 45.1 Å². The van der Waals surface area contributed by atoms with Gasteiger partial charge in [0.05, 0.1) is 10.5 Å². The number of halogens is 1. The van der Waals surface area contributed by atoms with Crippen molar-refractivity contribution >= 4 is 26.9 Å². The first-order valence-electron chi connectivity index (χ1n) is 8.08. The van der Waals surface area contributed by atoms with Gasteiger partial charge in [-0.15, -0.1) is 0 Å². The summed E-state index contributed by atoms with van der Waals surface area (Å²) in [4.78, 5) is 0. The maximum atomic E-state index is 6.15. The van der Waals surface area contributed by atoms with Crippen LogP contribution in [0.3, 0.4) is 0 Å². The number of nitrogens with one attached hydrogen (secondary N) is 1. The summed E-state index contributed by atoms with van der Waals surface area (Å²) in [6, 6.07) is 8.76. The maximum absolute atomic E-state index is 6.15. The maximum Gasteiger partial charge on any atom is 0.148 e. The number of hydrogen-bond donors (Lipinski definition) is 1. The summed E-state index contributed by atoms with van der Waals surface area (Å²) in [6.07, 6.45) is 6.67. The van der Waals surface area contributed by atoms with Crippen LogP contribution >= 0.6 is 15.9 Å². The van der Waals surface area contributed by atoms with E-state index in [1.807, 2.05) is 6.07 Å². The third-order valence-electron chi connectivity index (χ3n) is 5.07. The van der Waals surface area contributed by atoms with Crippen molar-refractivity contribution in [3.05, 3.63) is 34.5 Å². The lowest BCUT2D eigenvalue weighted by Crippen LogP contribution is -2.28. The van der Waals surface area contributed by atoms with Gasteiger partial charge in [0.15, 0.2) is 0 Å². The van der Waals surface area contributed by atoms with E-state index in [0.717, 1.165) is 21.7 Å². The first-order chi connectivity index (χ1) is 10.2. The molecule has 0 spiro atoms. The van der Waals surface area contributed by atoms with E-state index in [0.29, 0.717) is 12.0 Å². The van der Waals surface area contributed by atoms with Crippen molar-refractivity contribution in [3.8, 4) is 0 Å². The molecule has 1 heterocycles. The lowest BCUT2D eigenvalue weighted by atomic mass is 9.77. The smallest absolute Gasteiger partial charge is 0.148 e. The number of hydrogen-bond acceptors (Lipinski definition) is 2. The summed E-state index contributed by atoms with van der Waals surface area (Å²) >= 11 is 3.58. The van der Waals surface area contributed by atoms with Gasteiger partial charge < -0.3 is 9.73 Å². The summed E-state index contributed by atoms with van der Waals surface area (Å²) in [5.41, 5.74) is 0.968. The lowest BCUT2D eigenvalue weighted by molar-refractivity contribution is 0.210. The van der Waals surface area contributed by atoms with Gasteiger partial charge in [-0.05, 0) is 59.8 Å². The minimum Gasteiger partial charge on any atom is -0.458 e. The molecule has 2 nitrogen and oxygen atoms in total. The van der Waals surface area contributed by atoms with Crippen LogP contribution in [0, 0.1) is 11.8 Å². The predicted octanol–water partition coefficient (Wildman–Crippen LogP) is 5.67. The van der Waals surface area contributed by atoms with E-state index in [4.69, 9.17) is 4.42 Å². The van der Waals surface area contributed by atoms with E-state index < -0.39 is 0 Å². The molecule has 114 valence electrons. The van der Waals surface area contributed by atoms with Crippen molar-refractivity contribution in [2.24, 2.45) is 11.8 Å². The number of rotatable bonds is 4. The highest BCUT2D eigenvalue weighted by Gasteiger charge is 2.29. The van der Waals surface area contributed by atoms with Crippen LogP contribution in [0.1, 0.15) is 50.8 Å². The molecule has 1 saturated carbocycles. The average molecular weight is 350 g/mol. The quantitative estimate of drug-likeness (QED) is 0.768. The zero-order valence-corrected chi connectivity index (χ0v) is 14.4. The second-order valence-electron chi connectivity index (χ2n) is 6.26. The lowest BCUT2D eigenvalue weighted by Gasteiger charge is -2.32. The Morgan fingerprint density at radius 1 is 1.29 bits per heavy atom. The van der Waals surface area contributed by atoms with Gasteiger partial charge in [-0.25, -0.2) is 0 Å². The Labute approximate surface area is 135 Å². The van der Waals surface area contributed by atoms with E-state index in [-0.39, 0.29) is 0 Å². The fourth-order valence-corrected chi connectivity index (χ4v) is 4.20. The van der Waals surface area contributed by atoms with Crippen molar-refractivity contribution in [2.75, 3.05) is 7.05 Å². The molecular weight excluding hydrogens is 326 g/mol. The van der Waals surface area contributed by atoms with Crippen molar-refractivity contribution in [3.63, 3.8) is 0 Å². The van der Waals surface area contributed by atoms with E-state index in [1.165, 1.54) is 37.5 Å². The molecule has 21 heavy (non-hydrogen) atoms. The van der Waals surface area contributed by atoms with E-state index in [1.54, 1.807) is 0 Å². The van der Waals surface area contributed by atoms with Crippen LogP contribution in [0.2, 0.25) is 0 Å². The van der Waals surface area contributed by atoms with Crippen LogP contribution in [-0.2, 0) is 0 Å². The Kier molecular flexibility index (Phi) is 4.70. The first-order valence-corrected chi connectivity index (χ1v) is 8.87. The molecule has 1 atom stereocenters. The molecule has 0 saturated heterocycles. The first kappa shape index (κ1) is 15.1. The van der Waals surface area contributed by atoms with E-state index in [2.05, 4.69) is 53.4 Å². The minimum absolute atomic E-state index is 0.335. The van der Waals surface area contributed by atoms with Crippen LogP contribution in [0.25, 0.3) is 11.0 Å². The molecule has 0 aliphatic heterocycles. The van der Waals surface area contributed by atoms with Gasteiger partial charge in [-0.3, -0.25) is 0 Å². The standard InChI is InChI=1S/C18H24BrNO/c1-3-12-7-9-13(10-8-12)17(20-2)16-11-14-5-4-6-15(19)18(14)21-16/h4-6,11-13,17,20H,3,7-10H2,1-2H3. The van der Waals surface area contributed by atoms with Gasteiger partial charge in [0.1, 0.15) is 11.3 Å². The van der Waals surface area contributed by atoms with Gasteiger partial charge in [0.2, 0.25) is 0 Å². The molecule has 1 N–H and O–H groups in total. The van der Waals surface area contributed by atoms with Gasteiger partial charge >= 0.3 is 0 Å². The molecule has 3 rings (SSSR count). The molecule has 1 aromatic heterocycles. The SMILES string of the molecule is CCC1CCC(C(NC)c2cc3cccc(Br)c3o2)CC1. The zero-order chi connectivity index (χ0) is 14.8. The van der Waals surface area contributed by atoms with Crippen LogP contribution < -0.4 is 5.32 Å². The van der Waals surface area contributed by atoms with Crippen LogP contribution in [-0.4, -0.2) is 7.05 Å². The monoisotopic (exact) mass is 349 g/mol. The molecule has 0 bridgehead atoms. The Morgan fingerprint density at radius 2 is 2.05 bits per heavy atom. The molecule has 2 aromatic rings. The number of furan rings is 1. The van der Waals surface area contributed by atoms with Crippen LogP contribution in [0.15, 0.2) is 33.2 Å². The highest BCUT2D eigenvalue weighted by molar-refractivity contribution is 9.10. The van der Waals surface area contributed by atoms with E-state index in [9.17, 15) is 0 Å². The Morgan fingerprint density at radius 3 is 2.67 bits per heavy atom. The van der Waals surface area contributed by atoms with Crippen LogP contribution in [0.4, 0.5) is 0 Å². The zero-order valence-electron chi connectivity index (χ0n) is 12.9. The second kappa shape index (κ2) is 6.53. The minimum atomic E-state index is 0.335. The summed E-state index contributed by atoms with van der Waals surface area (Å²) in [5, 5.41) is 4.67. The second-order valence-corrected chi connectivity index (χ2v) is 7.12. The molecule has 0 radical (unpaired) electrons. The number of para-hydroxylation sites is 1. The van der Waals surface area contributed by atoms with Gasteiger partial charge in [0, 0.05) is 5.39 Å². The molecule has 1 aliphatic carbocycles. The van der Waals surface area contributed by atoms with Gasteiger partial charge in [-0.2, -0.15) is 0 Å². The largest absolute Gasteiger partial charge is 0.458 e. The Hall–Kier alpha value is -0.800. The van der Waals surface area contributed by atoms with Gasteiger partial charge in [-0.1, -0.05) is 38.3 Å². The van der Waals surface area contributed by atoms with Crippen molar-refractivity contribution in [1.29, 1.82) is 0 Å². The Bertz CT molecular complexity index is 598. The molecular formula is C18H24BrNO. The molecule has 1 aliphatic rings. The van der Waals surface area contributed by atoms with Crippen molar-refractivity contribution in [1.82, 2.24) is 5.32 Å². The van der Waals surface area contributed by atoms with Crippen LogP contribution in [0.5, 0.6) is 0 Å². The molecule has 1 fully saturated rings. The predicted molar refractivity (Wildman–Crippen MR) is 91.5 cm³/mol. The Balaban J connectivity index is 1.83. The fraction of sp³-hybridized carbons (Fsp3) is 0.556. The summed E-state index contributed by atoms with van der Waals surface area (Å²) in [6.45, 7) is 2.32. The fourth-order valence-electron chi connectivity index (χ4n) is 3.74. The highest BCUT2D eigenvalue weighted by atomic mass is 79.9. The summed E-state index contributed by atoms with van der Waals surface area (Å²) in [7, 11) is 2.05. The number of benzene rings is 1. The summed E-state index contributed by atoms with van der Waals surface area (Å²) < 4.78 is 7.19. The highest BCUT2D eigenvalue weighted by Crippen LogP contribution is 2.39. The molecule has 0 amide bonds. The molecule has 3 heteroatoms.